The lowest BCUT2D eigenvalue weighted by Crippen LogP contribution is -2.41. The van der Waals surface area contributed by atoms with Gasteiger partial charge in [0, 0.05) is 11.6 Å². The highest BCUT2D eigenvalue weighted by Crippen LogP contribution is 2.37. The van der Waals surface area contributed by atoms with Crippen molar-refractivity contribution in [1.82, 2.24) is 4.31 Å². The summed E-state index contributed by atoms with van der Waals surface area (Å²) in [5, 5.41) is 13.7. The summed E-state index contributed by atoms with van der Waals surface area (Å²) in [6, 6.07) is 16.2. The quantitative estimate of drug-likeness (QED) is 0.460. The Morgan fingerprint density at radius 3 is 2.74 bits per heavy atom. The number of nitrogens with one attached hydrogen (secondary N) is 1. The third-order valence-corrected chi connectivity index (χ3v) is 9.04. The number of esters is 1. The maximum absolute atomic E-state index is 13.3. The first-order valence-corrected chi connectivity index (χ1v) is 13.3. The van der Waals surface area contributed by atoms with E-state index in [0.29, 0.717) is 11.4 Å². The van der Waals surface area contributed by atoms with Gasteiger partial charge in [0.1, 0.15) is 10.3 Å². The fourth-order valence-electron chi connectivity index (χ4n) is 3.92. The number of hydrogen-bond acceptors (Lipinski definition) is 7. The highest BCUT2D eigenvalue weighted by molar-refractivity contribution is 7.91. The molecule has 11 heteroatoms. The zero-order chi connectivity index (χ0) is 25.0. The Morgan fingerprint density at radius 2 is 2.00 bits per heavy atom. The minimum Gasteiger partial charge on any atom is -0.456 e. The van der Waals surface area contributed by atoms with Crippen LogP contribution in [0, 0.1) is 11.3 Å². The first-order valence-electron chi connectivity index (χ1n) is 10.6. The molecule has 4 rings (SSSR count). The van der Waals surface area contributed by atoms with Gasteiger partial charge in [-0.3, -0.25) is 9.59 Å². The summed E-state index contributed by atoms with van der Waals surface area (Å²) in [4.78, 5) is 25.0. The van der Waals surface area contributed by atoms with Gasteiger partial charge in [-0.25, -0.2) is 8.42 Å². The molecule has 0 saturated carbocycles. The van der Waals surface area contributed by atoms with Gasteiger partial charge in [-0.1, -0.05) is 41.9 Å². The van der Waals surface area contributed by atoms with Crippen molar-refractivity contribution in [3.8, 4) is 6.07 Å². The lowest BCUT2D eigenvalue weighted by atomic mass is 9.92. The zero-order valence-electron chi connectivity index (χ0n) is 18.3. The Hall–Kier alpha value is -3.23. The molecule has 180 valence electrons. The molecular weight excluding hydrogens is 510 g/mol. The summed E-state index contributed by atoms with van der Waals surface area (Å²) in [6.07, 6.45) is 0.269. The van der Waals surface area contributed by atoms with E-state index < -0.39 is 34.5 Å². The number of halogens is 1. The monoisotopic (exact) mass is 529 g/mol. The molecule has 1 aliphatic heterocycles. The summed E-state index contributed by atoms with van der Waals surface area (Å²) in [5.74, 6) is -1.37. The average molecular weight is 530 g/mol. The lowest BCUT2D eigenvalue weighted by molar-refractivity contribution is -0.148. The van der Waals surface area contributed by atoms with Crippen molar-refractivity contribution in [3.05, 3.63) is 81.7 Å². The van der Waals surface area contributed by atoms with Crippen LogP contribution < -0.4 is 5.32 Å². The standard InChI is InChI=1S/C24H20ClN3O5S2/c25-18-8-7-17(14-26)20(12-18)27-22(29)15-33-23(30)13-21-19-5-2-1-4-16(19)9-10-28(21)35(31,32)24-6-3-11-34-24/h1-8,11-12,21H,9-10,13,15H2,(H,27,29)/t21-/m1/s1. The van der Waals surface area contributed by atoms with Gasteiger partial charge in [0.05, 0.1) is 23.7 Å². The SMILES string of the molecule is N#Cc1ccc(Cl)cc1NC(=O)COC(=O)C[C@@H]1c2ccccc2CCN1S(=O)(=O)c1cccs1. The molecule has 1 aliphatic rings. The molecule has 1 atom stereocenters. The van der Waals surface area contributed by atoms with E-state index in [-0.39, 0.29) is 28.4 Å². The number of carbonyl (C=O) groups excluding carboxylic acids is 2. The van der Waals surface area contributed by atoms with E-state index in [0.717, 1.165) is 22.5 Å². The van der Waals surface area contributed by atoms with E-state index in [2.05, 4.69) is 5.32 Å². The lowest BCUT2D eigenvalue weighted by Gasteiger charge is -2.35. The van der Waals surface area contributed by atoms with Gasteiger partial charge in [-0.05, 0) is 47.2 Å². The number of rotatable bonds is 7. The first-order chi connectivity index (χ1) is 16.8. The zero-order valence-corrected chi connectivity index (χ0v) is 20.7. The number of nitriles is 1. The second-order valence-electron chi connectivity index (χ2n) is 7.73. The van der Waals surface area contributed by atoms with Gasteiger partial charge >= 0.3 is 5.97 Å². The number of anilines is 1. The van der Waals surface area contributed by atoms with Crippen LogP contribution in [0.5, 0.6) is 0 Å². The molecule has 1 N–H and O–H groups in total. The van der Waals surface area contributed by atoms with E-state index in [4.69, 9.17) is 16.3 Å². The minimum atomic E-state index is -3.82. The van der Waals surface area contributed by atoms with Crippen LogP contribution in [-0.2, 0) is 30.8 Å². The van der Waals surface area contributed by atoms with Gasteiger partial charge in [0.25, 0.3) is 15.9 Å². The average Bonchev–Trinajstić information content (AvgIpc) is 3.39. The predicted octanol–water partition coefficient (Wildman–Crippen LogP) is 4.13. The van der Waals surface area contributed by atoms with Crippen LogP contribution in [-0.4, -0.2) is 37.8 Å². The van der Waals surface area contributed by atoms with Crippen molar-refractivity contribution >= 4 is 50.5 Å². The Morgan fingerprint density at radius 1 is 1.20 bits per heavy atom. The minimum absolute atomic E-state index is 0.199. The maximum atomic E-state index is 13.3. The summed E-state index contributed by atoms with van der Waals surface area (Å²) in [5.41, 5.74) is 2.11. The van der Waals surface area contributed by atoms with Crippen molar-refractivity contribution in [1.29, 1.82) is 5.26 Å². The van der Waals surface area contributed by atoms with Crippen LogP contribution >= 0.6 is 22.9 Å². The van der Waals surface area contributed by atoms with Crippen LogP contribution in [0.3, 0.4) is 0 Å². The second kappa shape index (κ2) is 10.6. The largest absolute Gasteiger partial charge is 0.456 e. The molecule has 1 aromatic heterocycles. The molecule has 2 aromatic carbocycles. The highest BCUT2D eigenvalue weighted by Gasteiger charge is 2.38. The Bertz CT molecular complexity index is 1400. The van der Waals surface area contributed by atoms with Gasteiger partial charge in [0.2, 0.25) is 0 Å². The van der Waals surface area contributed by atoms with E-state index in [1.807, 2.05) is 18.2 Å². The van der Waals surface area contributed by atoms with Crippen LogP contribution in [0.1, 0.15) is 29.2 Å². The number of ether oxygens (including phenoxy) is 1. The van der Waals surface area contributed by atoms with Crippen molar-refractivity contribution in [2.45, 2.75) is 23.1 Å². The molecule has 8 nitrogen and oxygen atoms in total. The Labute approximate surface area is 211 Å². The van der Waals surface area contributed by atoms with E-state index in [1.165, 1.54) is 28.6 Å². The molecule has 2 heterocycles. The number of nitrogens with zero attached hydrogens (tertiary/aromatic N) is 2. The molecule has 0 radical (unpaired) electrons. The molecular formula is C24H20ClN3O5S2. The number of carbonyl (C=O) groups is 2. The summed E-state index contributed by atoms with van der Waals surface area (Å²) in [7, 11) is -3.82. The number of hydrogen-bond donors (Lipinski definition) is 1. The molecule has 1 amide bonds. The van der Waals surface area contributed by atoms with Crippen LogP contribution in [0.25, 0.3) is 0 Å². The molecule has 35 heavy (non-hydrogen) atoms. The molecule has 0 unspecified atom stereocenters. The van der Waals surface area contributed by atoms with Gasteiger partial charge in [-0.15, -0.1) is 11.3 Å². The van der Waals surface area contributed by atoms with Crippen molar-refractivity contribution in [3.63, 3.8) is 0 Å². The topological polar surface area (TPSA) is 117 Å². The Balaban J connectivity index is 1.48. The summed E-state index contributed by atoms with van der Waals surface area (Å²) >= 11 is 7.04. The fraction of sp³-hybridized carbons (Fsp3) is 0.208. The van der Waals surface area contributed by atoms with Crippen LogP contribution in [0.15, 0.2) is 64.2 Å². The van der Waals surface area contributed by atoms with Crippen molar-refractivity contribution in [2.75, 3.05) is 18.5 Å². The number of benzene rings is 2. The fourth-order valence-corrected chi connectivity index (χ4v) is 6.82. The van der Waals surface area contributed by atoms with Crippen molar-refractivity contribution < 1.29 is 22.7 Å². The second-order valence-corrected chi connectivity index (χ2v) is 11.2. The molecule has 0 aliphatic carbocycles. The van der Waals surface area contributed by atoms with Gasteiger partial charge in [-0.2, -0.15) is 9.57 Å². The smallest absolute Gasteiger partial charge is 0.308 e. The third kappa shape index (κ3) is 5.55. The number of amides is 1. The summed E-state index contributed by atoms with van der Waals surface area (Å²) < 4.78 is 33.3. The van der Waals surface area contributed by atoms with Crippen LogP contribution in [0.2, 0.25) is 5.02 Å². The van der Waals surface area contributed by atoms with Gasteiger partial charge in [0.15, 0.2) is 6.61 Å². The third-order valence-electron chi connectivity index (χ3n) is 5.52. The first kappa shape index (κ1) is 24.9. The molecule has 3 aromatic rings. The van der Waals surface area contributed by atoms with E-state index >= 15 is 0 Å². The molecule has 0 bridgehead atoms. The van der Waals surface area contributed by atoms with Crippen molar-refractivity contribution in [2.24, 2.45) is 0 Å². The summed E-state index contributed by atoms with van der Waals surface area (Å²) in [6.45, 7) is -0.371. The number of fused-ring (bicyclic) bond motifs is 1. The molecule has 0 fully saturated rings. The van der Waals surface area contributed by atoms with Gasteiger partial charge < -0.3 is 10.1 Å². The number of thiophene rings is 1. The predicted molar refractivity (Wildman–Crippen MR) is 131 cm³/mol. The number of sulfonamides is 1. The van der Waals surface area contributed by atoms with Crippen LogP contribution in [0.4, 0.5) is 5.69 Å². The molecule has 0 spiro atoms. The maximum Gasteiger partial charge on any atom is 0.308 e. The highest BCUT2D eigenvalue weighted by atomic mass is 35.5. The van der Waals surface area contributed by atoms with E-state index in [1.54, 1.807) is 23.6 Å². The Kier molecular flexibility index (Phi) is 7.52. The normalized spacial score (nSPS) is 15.6. The molecule has 0 saturated heterocycles. The van der Waals surface area contributed by atoms with E-state index in [9.17, 15) is 23.3 Å².